The number of hydrogen-bond acceptors (Lipinski definition) is 10. The van der Waals surface area contributed by atoms with Crippen molar-refractivity contribution in [3.63, 3.8) is 0 Å². The second-order valence-electron chi connectivity index (χ2n) is 7.60. The van der Waals surface area contributed by atoms with E-state index in [2.05, 4.69) is 24.8 Å². The third kappa shape index (κ3) is 5.42. The second kappa shape index (κ2) is 9.22. The van der Waals surface area contributed by atoms with Crippen molar-refractivity contribution in [2.24, 2.45) is 11.7 Å². The molecule has 0 aromatic carbocycles. The number of anilines is 1. The van der Waals surface area contributed by atoms with E-state index in [4.69, 9.17) is 20.3 Å². The van der Waals surface area contributed by atoms with E-state index in [9.17, 15) is 19.6 Å². The molecule has 0 spiro atoms. The zero-order valence-corrected chi connectivity index (χ0v) is 17.7. The van der Waals surface area contributed by atoms with Gasteiger partial charge in [-0.3, -0.25) is 13.9 Å². The Morgan fingerprint density at radius 2 is 2.03 bits per heavy atom. The van der Waals surface area contributed by atoms with E-state index in [1.165, 1.54) is 17.2 Å². The average Bonchev–Trinajstić information content (AvgIpc) is 3.21. The summed E-state index contributed by atoms with van der Waals surface area (Å²) in [7, 11) is -4.78. The summed E-state index contributed by atoms with van der Waals surface area (Å²) >= 11 is 0. The van der Waals surface area contributed by atoms with E-state index in [1.54, 1.807) is 0 Å². The van der Waals surface area contributed by atoms with Gasteiger partial charge in [-0.25, -0.2) is 19.5 Å². The second-order valence-corrected chi connectivity index (χ2v) is 8.84. The highest BCUT2D eigenvalue weighted by atomic mass is 31.2. The fourth-order valence-electron chi connectivity index (χ4n) is 3.22. The van der Waals surface area contributed by atoms with Crippen molar-refractivity contribution in [3.8, 4) is 0 Å². The summed E-state index contributed by atoms with van der Waals surface area (Å²) in [5.41, 5.74) is 6.29. The number of nitrogens with two attached hydrogens (primary N) is 1. The van der Waals surface area contributed by atoms with E-state index in [0.717, 1.165) is 0 Å². The lowest BCUT2D eigenvalue weighted by atomic mass is 10.0. The van der Waals surface area contributed by atoms with Gasteiger partial charge in [-0.05, 0) is 12.3 Å². The first-order valence-electron chi connectivity index (χ1n) is 9.43. The highest BCUT2D eigenvalue weighted by Crippen LogP contribution is 2.38. The van der Waals surface area contributed by atoms with Gasteiger partial charge in [0.2, 0.25) is 5.91 Å². The molecule has 172 valence electrons. The normalized spacial score (nSPS) is 25.3. The summed E-state index contributed by atoms with van der Waals surface area (Å²) < 4.78 is 22.1. The van der Waals surface area contributed by atoms with Gasteiger partial charge in [0, 0.05) is 0 Å². The molecule has 1 saturated heterocycles. The molecule has 5 atom stereocenters. The van der Waals surface area contributed by atoms with Crippen LogP contribution in [0.4, 0.5) is 5.82 Å². The molecule has 15 heteroatoms. The molecule has 1 aliphatic rings. The number of rotatable bonds is 8. The third-order valence-corrected chi connectivity index (χ3v) is 5.17. The standard InChI is InChI=1S/C16H25N6O8P/c1-7(2)3-8(17)15(25)21-13-10-14(19-5-18-13)22(6-20-10)16-12(24)11(23)9(30-16)4-29-31(26,27)28/h5-9,11-12,16,23-24H,3-4,17H2,1-2H3,(H2,26,27,28)(H,18,19,21,25)/t8-,9+,11+,12+,16+/m0/s1. The van der Waals surface area contributed by atoms with Gasteiger partial charge in [-0.2, -0.15) is 0 Å². The Morgan fingerprint density at radius 1 is 1.32 bits per heavy atom. The Labute approximate surface area is 176 Å². The summed E-state index contributed by atoms with van der Waals surface area (Å²) in [4.78, 5) is 42.3. The first-order valence-corrected chi connectivity index (χ1v) is 11.0. The number of aliphatic hydroxyl groups is 2. The number of nitrogens with zero attached hydrogens (tertiary/aromatic N) is 4. The maximum Gasteiger partial charge on any atom is 0.469 e. The van der Waals surface area contributed by atoms with Crippen LogP contribution < -0.4 is 11.1 Å². The van der Waals surface area contributed by atoms with Crippen molar-refractivity contribution in [1.82, 2.24) is 19.5 Å². The predicted octanol–water partition coefficient (Wildman–Crippen LogP) is -1.13. The van der Waals surface area contributed by atoms with Gasteiger partial charge < -0.3 is 35.8 Å². The summed E-state index contributed by atoms with van der Waals surface area (Å²) in [6, 6.07) is -0.739. The van der Waals surface area contributed by atoms with Crippen LogP contribution in [-0.4, -0.2) is 76.4 Å². The Hall–Kier alpha value is -2.03. The number of aliphatic hydroxyl groups excluding tert-OH is 2. The van der Waals surface area contributed by atoms with E-state index >= 15 is 0 Å². The summed E-state index contributed by atoms with van der Waals surface area (Å²) in [6.45, 7) is 3.24. The number of ether oxygens (including phenoxy) is 1. The Balaban J connectivity index is 1.81. The smallest absolute Gasteiger partial charge is 0.387 e. The lowest BCUT2D eigenvalue weighted by Crippen LogP contribution is -2.37. The van der Waals surface area contributed by atoms with Gasteiger partial charge >= 0.3 is 7.82 Å². The Kier molecular flexibility index (Phi) is 7.03. The number of aromatic nitrogens is 4. The van der Waals surface area contributed by atoms with Crippen molar-refractivity contribution < 1.29 is 38.6 Å². The highest BCUT2D eigenvalue weighted by molar-refractivity contribution is 7.46. The van der Waals surface area contributed by atoms with Crippen LogP contribution in [0.3, 0.4) is 0 Å². The number of carbonyl (C=O) groups excluding carboxylic acids is 1. The molecule has 7 N–H and O–H groups in total. The van der Waals surface area contributed by atoms with Crippen LogP contribution in [0.15, 0.2) is 12.7 Å². The number of phosphoric acid groups is 1. The molecule has 3 rings (SSSR count). The largest absolute Gasteiger partial charge is 0.469 e. The van der Waals surface area contributed by atoms with E-state index in [1.807, 2.05) is 13.8 Å². The molecule has 14 nitrogen and oxygen atoms in total. The minimum atomic E-state index is -4.78. The van der Waals surface area contributed by atoms with Crippen molar-refractivity contribution >= 4 is 30.7 Å². The quantitative estimate of drug-likeness (QED) is 0.258. The lowest BCUT2D eigenvalue weighted by Gasteiger charge is -2.17. The zero-order valence-electron chi connectivity index (χ0n) is 16.8. The summed E-state index contributed by atoms with van der Waals surface area (Å²) in [5, 5.41) is 23.1. The van der Waals surface area contributed by atoms with Gasteiger partial charge in [-0.15, -0.1) is 0 Å². The van der Waals surface area contributed by atoms with Crippen LogP contribution in [0.25, 0.3) is 11.2 Å². The van der Waals surface area contributed by atoms with Gasteiger partial charge in [0.1, 0.15) is 24.6 Å². The van der Waals surface area contributed by atoms with Crippen LogP contribution in [0.1, 0.15) is 26.5 Å². The van der Waals surface area contributed by atoms with Crippen LogP contribution in [0.2, 0.25) is 0 Å². The molecule has 0 aliphatic carbocycles. The molecule has 2 aromatic heterocycles. The van der Waals surface area contributed by atoms with Crippen LogP contribution >= 0.6 is 7.82 Å². The summed E-state index contributed by atoms with van der Waals surface area (Å²) in [5.74, 6) is -0.104. The molecule has 0 bridgehead atoms. The third-order valence-electron chi connectivity index (χ3n) is 4.68. The molecule has 2 aromatic rings. The topological polar surface area (TPSA) is 215 Å². The van der Waals surface area contributed by atoms with Gasteiger partial charge in [0.05, 0.1) is 19.0 Å². The number of hydrogen-bond donors (Lipinski definition) is 6. The molecule has 31 heavy (non-hydrogen) atoms. The molecule has 3 heterocycles. The maximum absolute atomic E-state index is 12.3. The SMILES string of the molecule is CC(C)C[C@H](N)C(=O)Nc1ncnc2c1ncn2[C@@H]1O[C@H](COP(=O)(O)O)[C@@H](O)[C@H]1O. The first-order chi connectivity index (χ1) is 14.5. The van der Waals surface area contributed by atoms with Gasteiger partial charge in [-0.1, -0.05) is 13.8 Å². The zero-order chi connectivity index (χ0) is 22.9. The Morgan fingerprint density at radius 3 is 2.68 bits per heavy atom. The van der Waals surface area contributed by atoms with Crippen LogP contribution in [0.5, 0.6) is 0 Å². The fraction of sp³-hybridized carbons (Fsp3) is 0.625. The number of phosphoric ester groups is 1. The first kappa shape index (κ1) is 23.6. The molecular weight excluding hydrogens is 435 g/mol. The average molecular weight is 460 g/mol. The molecule has 1 fully saturated rings. The molecule has 0 saturated carbocycles. The van der Waals surface area contributed by atoms with Crippen molar-refractivity contribution in [2.45, 2.75) is 50.8 Å². The highest BCUT2D eigenvalue weighted by Gasteiger charge is 2.45. The molecular formula is C16H25N6O8P. The van der Waals surface area contributed by atoms with Crippen LogP contribution in [-0.2, 0) is 18.6 Å². The van der Waals surface area contributed by atoms with Crippen molar-refractivity contribution in [3.05, 3.63) is 12.7 Å². The van der Waals surface area contributed by atoms with E-state index < -0.39 is 50.9 Å². The minimum Gasteiger partial charge on any atom is -0.387 e. The number of imidazole rings is 1. The number of nitrogens with one attached hydrogen (secondary N) is 1. The minimum absolute atomic E-state index is 0.113. The molecule has 1 aliphatic heterocycles. The van der Waals surface area contributed by atoms with E-state index in [0.29, 0.717) is 6.42 Å². The predicted molar refractivity (Wildman–Crippen MR) is 105 cm³/mol. The monoisotopic (exact) mass is 460 g/mol. The molecule has 0 unspecified atom stereocenters. The van der Waals surface area contributed by atoms with Gasteiger partial charge in [0.25, 0.3) is 0 Å². The van der Waals surface area contributed by atoms with E-state index in [-0.39, 0.29) is 22.9 Å². The number of fused-ring (bicyclic) bond motifs is 1. The number of carbonyl (C=O) groups is 1. The van der Waals surface area contributed by atoms with Crippen molar-refractivity contribution in [2.75, 3.05) is 11.9 Å². The van der Waals surface area contributed by atoms with Crippen LogP contribution in [0, 0.1) is 5.92 Å². The lowest BCUT2D eigenvalue weighted by molar-refractivity contribution is -0.117. The molecule has 0 radical (unpaired) electrons. The van der Waals surface area contributed by atoms with Crippen molar-refractivity contribution in [1.29, 1.82) is 0 Å². The fourth-order valence-corrected chi connectivity index (χ4v) is 3.56. The Bertz CT molecular complexity index is 980. The number of amides is 1. The molecule has 1 amide bonds. The maximum atomic E-state index is 12.3. The van der Waals surface area contributed by atoms with Gasteiger partial charge in [0.15, 0.2) is 23.2 Å². The summed E-state index contributed by atoms with van der Waals surface area (Å²) in [6.07, 6.45) is -2.40.